The predicted octanol–water partition coefficient (Wildman–Crippen LogP) is 5.58. The minimum Gasteiger partial charge on any atom is -0.484 e. The Labute approximate surface area is 190 Å². The Balaban J connectivity index is 1.55. The number of halogens is 2. The van der Waals surface area contributed by atoms with Crippen LogP contribution >= 0.6 is 23.2 Å². The van der Waals surface area contributed by atoms with Gasteiger partial charge in [0, 0.05) is 18.6 Å². The smallest absolute Gasteiger partial charge is 0.242 e. The fraction of sp³-hybridized carbons (Fsp3) is 0.167. The summed E-state index contributed by atoms with van der Waals surface area (Å²) < 4.78 is 7.78. The summed E-state index contributed by atoms with van der Waals surface area (Å²) >= 11 is 12.2. The summed E-state index contributed by atoms with van der Waals surface area (Å²) in [7, 11) is 1.80. The molecular weight excluding hydrogens is 433 g/mol. The number of para-hydroxylation sites is 2. The van der Waals surface area contributed by atoms with Crippen molar-refractivity contribution in [3.05, 3.63) is 94.2 Å². The molecule has 0 fully saturated rings. The number of fused-ring (bicyclic) bond motifs is 1. The molecule has 3 aromatic carbocycles. The highest BCUT2D eigenvalue weighted by atomic mass is 35.5. The van der Waals surface area contributed by atoms with Crippen molar-refractivity contribution in [3.8, 4) is 5.75 Å². The number of likely N-dealkylation sites (N-methyl/N-ethyl adjacent to an activating group) is 1. The molecule has 0 bridgehead atoms. The lowest BCUT2D eigenvalue weighted by Gasteiger charge is -2.19. The van der Waals surface area contributed by atoms with Crippen molar-refractivity contribution in [2.24, 2.45) is 0 Å². The average Bonchev–Trinajstić information content (AvgIpc) is 3.11. The van der Waals surface area contributed by atoms with Crippen molar-refractivity contribution in [3.63, 3.8) is 0 Å². The van der Waals surface area contributed by atoms with Gasteiger partial charge in [-0.3, -0.25) is 4.79 Å². The number of hydrogen-bond donors (Lipinski definition) is 0. The summed E-state index contributed by atoms with van der Waals surface area (Å²) in [5, 5.41) is 0.963. The van der Waals surface area contributed by atoms with Gasteiger partial charge in [-0.25, -0.2) is 4.98 Å². The van der Waals surface area contributed by atoms with Gasteiger partial charge in [-0.05, 0) is 35.9 Å². The molecule has 5 nitrogen and oxygen atoms in total. The fourth-order valence-electron chi connectivity index (χ4n) is 3.35. The van der Waals surface area contributed by atoms with Crippen LogP contribution in [-0.2, 0) is 24.5 Å². The number of hydrogen-bond acceptors (Lipinski definition) is 3. The number of carbonyl (C=O) groups excluding carboxylic acids is 1. The lowest BCUT2D eigenvalue weighted by Crippen LogP contribution is -2.30. The normalized spacial score (nSPS) is 10.9. The molecule has 0 unspecified atom stereocenters. The third-order valence-corrected chi connectivity index (χ3v) is 5.50. The largest absolute Gasteiger partial charge is 0.484 e. The van der Waals surface area contributed by atoms with Gasteiger partial charge >= 0.3 is 0 Å². The maximum absolute atomic E-state index is 13.0. The molecule has 0 N–H and O–H groups in total. The van der Waals surface area contributed by atoms with E-state index in [0.29, 0.717) is 28.2 Å². The van der Waals surface area contributed by atoms with Gasteiger partial charge in [0.2, 0.25) is 5.91 Å². The molecule has 0 aliphatic carbocycles. The van der Waals surface area contributed by atoms with E-state index in [0.717, 1.165) is 16.6 Å². The summed E-state index contributed by atoms with van der Waals surface area (Å²) in [6.45, 7) is 0.876. The van der Waals surface area contributed by atoms with Crippen LogP contribution in [0, 0.1) is 0 Å². The summed E-state index contributed by atoms with van der Waals surface area (Å²) in [5.74, 6) is 1.14. The number of ether oxygens (including phenoxy) is 1. The molecule has 4 aromatic rings. The van der Waals surface area contributed by atoms with Crippen LogP contribution in [-0.4, -0.2) is 27.4 Å². The summed E-state index contributed by atoms with van der Waals surface area (Å²) in [4.78, 5) is 19.4. The zero-order valence-corrected chi connectivity index (χ0v) is 18.5. The van der Waals surface area contributed by atoms with Crippen molar-refractivity contribution in [2.45, 2.75) is 19.7 Å². The van der Waals surface area contributed by atoms with E-state index >= 15 is 0 Å². The molecule has 7 heteroatoms. The number of nitrogens with zero attached hydrogens (tertiary/aromatic N) is 3. The van der Waals surface area contributed by atoms with Crippen LogP contribution in [0.3, 0.4) is 0 Å². The number of carbonyl (C=O) groups is 1. The second-order valence-electron chi connectivity index (χ2n) is 7.20. The molecule has 0 atom stereocenters. The van der Waals surface area contributed by atoms with Gasteiger partial charge < -0.3 is 14.2 Å². The zero-order chi connectivity index (χ0) is 21.8. The number of rotatable bonds is 7. The third-order valence-electron chi connectivity index (χ3n) is 4.97. The van der Waals surface area contributed by atoms with Gasteiger partial charge in [-0.2, -0.15) is 0 Å². The second kappa shape index (κ2) is 9.41. The first-order valence-electron chi connectivity index (χ1n) is 9.81. The number of imidazole rings is 1. The molecule has 0 radical (unpaired) electrons. The van der Waals surface area contributed by atoms with E-state index in [-0.39, 0.29) is 19.1 Å². The summed E-state index contributed by atoms with van der Waals surface area (Å²) in [6, 6.07) is 22.7. The van der Waals surface area contributed by atoms with Gasteiger partial charge in [0.1, 0.15) is 24.7 Å². The van der Waals surface area contributed by atoms with E-state index in [1.165, 1.54) is 0 Å². The summed E-state index contributed by atoms with van der Waals surface area (Å²) in [6.07, 6.45) is 0. The Morgan fingerprint density at radius 3 is 2.55 bits per heavy atom. The molecule has 4 rings (SSSR count). The minimum absolute atomic E-state index is 0.0159. The Bertz CT molecular complexity index is 1210. The topological polar surface area (TPSA) is 47.4 Å². The number of benzene rings is 3. The van der Waals surface area contributed by atoms with Crippen LogP contribution in [0.15, 0.2) is 72.8 Å². The van der Waals surface area contributed by atoms with E-state index < -0.39 is 0 Å². The van der Waals surface area contributed by atoms with Crippen LogP contribution in [0.5, 0.6) is 5.75 Å². The first-order chi connectivity index (χ1) is 15.0. The Kier molecular flexibility index (Phi) is 6.44. The number of amides is 1. The lowest BCUT2D eigenvalue weighted by molar-refractivity contribution is -0.131. The zero-order valence-electron chi connectivity index (χ0n) is 17.0. The Hall–Kier alpha value is -3.02. The van der Waals surface area contributed by atoms with Crippen LogP contribution in [0.25, 0.3) is 11.0 Å². The van der Waals surface area contributed by atoms with Crippen molar-refractivity contribution >= 4 is 40.1 Å². The average molecular weight is 454 g/mol. The minimum atomic E-state index is -0.0159. The molecule has 0 saturated carbocycles. The van der Waals surface area contributed by atoms with E-state index in [9.17, 15) is 4.79 Å². The maximum atomic E-state index is 13.0. The lowest BCUT2D eigenvalue weighted by atomic mass is 10.2. The molecule has 31 heavy (non-hydrogen) atoms. The SMILES string of the molecule is CN(Cc1ccccc1)C(=O)Cn1c(COc2ccc(Cl)cc2Cl)nc2ccccc21. The molecule has 1 heterocycles. The van der Waals surface area contributed by atoms with Crippen LogP contribution < -0.4 is 4.74 Å². The van der Waals surface area contributed by atoms with Crippen LogP contribution in [0.1, 0.15) is 11.4 Å². The third kappa shape index (κ3) is 5.01. The Morgan fingerprint density at radius 1 is 1.03 bits per heavy atom. The maximum Gasteiger partial charge on any atom is 0.242 e. The molecule has 1 amide bonds. The van der Waals surface area contributed by atoms with Gasteiger partial charge in [-0.15, -0.1) is 0 Å². The highest BCUT2D eigenvalue weighted by Crippen LogP contribution is 2.28. The monoisotopic (exact) mass is 453 g/mol. The molecule has 1 aromatic heterocycles. The van der Waals surface area contributed by atoms with Crippen molar-refractivity contribution in [1.29, 1.82) is 0 Å². The molecular formula is C24H21Cl2N3O2. The summed E-state index contributed by atoms with van der Waals surface area (Å²) in [5.41, 5.74) is 2.77. The second-order valence-corrected chi connectivity index (χ2v) is 8.05. The Morgan fingerprint density at radius 2 is 1.77 bits per heavy atom. The van der Waals surface area contributed by atoms with Crippen molar-refractivity contribution < 1.29 is 9.53 Å². The molecule has 0 spiro atoms. The van der Waals surface area contributed by atoms with Gasteiger partial charge in [0.25, 0.3) is 0 Å². The first kappa shape index (κ1) is 21.2. The van der Waals surface area contributed by atoms with E-state index in [4.69, 9.17) is 27.9 Å². The van der Waals surface area contributed by atoms with E-state index in [2.05, 4.69) is 4.98 Å². The molecule has 0 aliphatic heterocycles. The molecule has 0 saturated heterocycles. The van der Waals surface area contributed by atoms with E-state index in [1.807, 2.05) is 59.2 Å². The molecule has 158 valence electrons. The van der Waals surface area contributed by atoms with Crippen LogP contribution in [0.2, 0.25) is 10.0 Å². The van der Waals surface area contributed by atoms with Gasteiger partial charge in [-0.1, -0.05) is 65.7 Å². The quantitative estimate of drug-likeness (QED) is 0.366. The highest BCUT2D eigenvalue weighted by molar-refractivity contribution is 6.35. The highest BCUT2D eigenvalue weighted by Gasteiger charge is 2.17. The van der Waals surface area contributed by atoms with Crippen LogP contribution in [0.4, 0.5) is 0 Å². The first-order valence-corrected chi connectivity index (χ1v) is 10.6. The van der Waals surface area contributed by atoms with Crippen molar-refractivity contribution in [2.75, 3.05) is 7.05 Å². The fourth-order valence-corrected chi connectivity index (χ4v) is 3.81. The van der Waals surface area contributed by atoms with E-state index in [1.54, 1.807) is 30.1 Å². The van der Waals surface area contributed by atoms with Gasteiger partial charge in [0.15, 0.2) is 0 Å². The molecule has 0 aliphatic rings. The standard InChI is InChI=1S/C24H21Cl2N3O2/c1-28(14-17-7-3-2-4-8-17)24(30)15-29-21-10-6-5-9-20(21)27-23(29)16-31-22-12-11-18(25)13-19(22)26/h2-13H,14-16H2,1H3. The van der Waals surface area contributed by atoms with Crippen molar-refractivity contribution in [1.82, 2.24) is 14.5 Å². The predicted molar refractivity (Wildman–Crippen MR) is 123 cm³/mol. The van der Waals surface area contributed by atoms with Gasteiger partial charge in [0.05, 0.1) is 16.1 Å². The number of aromatic nitrogens is 2.